The van der Waals surface area contributed by atoms with Gasteiger partial charge in [-0.25, -0.2) is 4.98 Å². The van der Waals surface area contributed by atoms with Gasteiger partial charge in [0.05, 0.1) is 28.0 Å². The Kier molecular flexibility index (Phi) is 6.08. The Bertz CT molecular complexity index is 1410. The lowest BCUT2D eigenvalue weighted by molar-refractivity contribution is -0.113. The summed E-state index contributed by atoms with van der Waals surface area (Å²) in [6, 6.07) is 12.6. The van der Waals surface area contributed by atoms with E-state index in [0.29, 0.717) is 26.9 Å². The highest BCUT2D eigenvalue weighted by molar-refractivity contribution is 7.99. The Hall–Kier alpha value is -3.10. The van der Waals surface area contributed by atoms with E-state index in [0.717, 1.165) is 22.5 Å². The second-order valence-corrected chi connectivity index (χ2v) is 8.93. The van der Waals surface area contributed by atoms with Gasteiger partial charge in [-0.15, -0.1) is 0 Å². The fourth-order valence-electron chi connectivity index (χ4n) is 3.46. The van der Waals surface area contributed by atoms with Crippen molar-refractivity contribution in [2.45, 2.75) is 25.9 Å². The molecule has 0 atom stereocenters. The summed E-state index contributed by atoms with van der Waals surface area (Å²) in [7, 11) is 1.77. The third-order valence-electron chi connectivity index (χ3n) is 5.22. The van der Waals surface area contributed by atoms with Crippen molar-refractivity contribution in [1.82, 2.24) is 19.3 Å². The van der Waals surface area contributed by atoms with E-state index in [1.54, 1.807) is 40.6 Å². The SMILES string of the molecule is Cc1cc(NC(=O)CSc2nc3cc(Cl)ccc3c(=O)n2-c2cccc(C)c2C)n(C)n1. The molecule has 4 rings (SSSR count). The zero-order valence-electron chi connectivity index (χ0n) is 18.1. The van der Waals surface area contributed by atoms with E-state index < -0.39 is 0 Å². The number of nitrogens with zero attached hydrogens (tertiary/aromatic N) is 4. The Labute approximate surface area is 194 Å². The first-order valence-corrected chi connectivity index (χ1v) is 11.3. The van der Waals surface area contributed by atoms with Gasteiger partial charge in [-0.3, -0.25) is 18.8 Å². The predicted octanol–water partition coefficient (Wildman–Crippen LogP) is 4.43. The molecule has 0 saturated carbocycles. The minimum Gasteiger partial charge on any atom is -0.310 e. The number of aryl methyl sites for hydroxylation is 3. The number of amides is 1. The molecule has 2 aromatic heterocycles. The number of anilines is 1. The summed E-state index contributed by atoms with van der Waals surface area (Å²) < 4.78 is 3.19. The number of nitrogens with one attached hydrogen (secondary N) is 1. The summed E-state index contributed by atoms with van der Waals surface area (Å²) >= 11 is 7.33. The standard InChI is InChI=1S/C23H22ClN5O2S/c1-13-6-5-7-19(15(13)3)29-22(31)17-9-8-16(24)11-18(17)25-23(29)32-12-21(30)26-20-10-14(2)27-28(20)4/h5-11H,12H2,1-4H3,(H,26,30). The van der Waals surface area contributed by atoms with Crippen molar-refractivity contribution >= 4 is 46.0 Å². The van der Waals surface area contributed by atoms with Crippen LogP contribution in [0.15, 0.2) is 52.4 Å². The zero-order chi connectivity index (χ0) is 23.0. The van der Waals surface area contributed by atoms with Crippen molar-refractivity contribution in [2.75, 3.05) is 11.1 Å². The molecule has 2 aromatic carbocycles. The number of fused-ring (bicyclic) bond motifs is 1. The summed E-state index contributed by atoms with van der Waals surface area (Å²) in [6.45, 7) is 5.82. The average Bonchev–Trinajstić information content (AvgIpc) is 3.05. The molecule has 0 aliphatic carbocycles. The zero-order valence-corrected chi connectivity index (χ0v) is 19.7. The molecule has 7 nitrogen and oxygen atoms in total. The summed E-state index contributed by atoms with van der Waals surface area (Å²) in [5.74, 6) is 0.470. The van der Waals surface area contributed by atoms with Gasteiger partial charge in [0.2, 0.25) is 5.91 Å². The Morgan fingerprint density at radius 2 is 1.94 bits per heavy atom. The second kappa shape index (κ2) is 8.80. The van der Waals surface area contributed by atoms with Gasteiger partial charge in [0.25, 0.3) is 5.56 Å². The highest BCUT2D eigenvalue weighted by atomic mass is 35.5. The maximum Gasteiger partial charge on any atom is 0.266 e. The first-order valence-electron chi connectivity index (χ1n) is 9.97. The first-order chi connectivity index (χ1) is 15.2. The van der Waals surface area contributed by atoms with Crippen molar-refractivity contribution in [3.05, 3.63) is 74.7 Å². The van der Waals surface area contributed by atoms with Crippen LogP contribution in [-0.2, 0) is 11.8 Å². The van der Waals surface area contributed by atoms with Crippen LogP contribution in [0.25, 0.3) is 16.6 Å². The number of hydrogen-bond donors (Lipinski definition) is 1. The lowest BCUT2D eigenvalue weighted by atomic mass is 10.1. The van der Waals surface area contributed by atoms with Gasteiger partial charge in [-0.05, 0) is 56.2 Å². The maximum absolute atomic E-state index is 13.5. The third-order valence-corrected chi connectivity index (χ3v) is 6.39. The van der Waals surface area contributed by atoms with Crippen LogP contribution in [-0.4, -0.2) is 31.0 Å². The van der Waals surface area contributed by atoms with E-state index in [9.17, 15) is 9.59 Å². The van der Waals surface area contributed by atoms with Gasteiger partial charge in [0, 0.05) is 18.1 Å². The number of rotatable bonds is 5. The lowest BCUT2D eigenvalue weighted by Gasteiger charge is -2.16. The lowest BCUT2D eigenvalue weighted by Crippen LogP contribution is -2.24. The molecule has 1 N–H and O–H groups in total. The van der Waals surface area contributed by atoms with Crippen LogP contribution in [0, 0.1) is 20.8 Å². The Morgan fingerprint density at radius 1 is 1.16 bits per heavy atom. The topological polar surface area (TPSA) is 81.8 Å². The molecule has 0 fully saturated rings. The van der Waals surface area contributed by atoms with Gasteiger partial charge in [0.15, 0.2) is 5.16 Å². The molecule has 0 aliphatic rings. The molecule has 9 heteroatoms. The van der Waals surface area contributed by atoms with Crippen molar-refractivity contribution < 1.29 is 4.79 Å². The fourth-order valence-corrected chi connectivity index (χ4v) is 4.43. The summed E-state index contributed by atoms with van der Waals surface area (Å²) in [6.07, 6.45) is 0. The van der Waals surface area contributed by atoms with Gasteiger partial charge < -0.3 is 5.32 Å². The molecule has 0 unspecified atom stereocenters. The highest BCUT2D eigenvalue weighted by Gasteiger charge is 2.17. The summed E-state index contributed by atoms with van der Waals surface area (Å²) in [4.78, 5) is 30.8. The smallest absolute Gasteiger partial charge is 0.266 e. The van der Waals surface area contributed by atoms with E-state index in [1.165, 1.54) is 11.8 Å². The Balaban J connectivity index is 1.75. The molecule has 1 amide bonds. The van der Waals surface area contributed by atoms with E-state index in [4.69, 9.17) is 11.6 Å². The molecule has 0 saturated heterocycles. The van der Waals surface area contributed by atoms with Gasteiger partial charge in [-0.2, -0.15) is 5.10 Å². The van der Waals surface area contributed by atoms with Crippen LogP contribution in [0.1, 0.15) is 16.8 Å². The van der Waals surface area contributed by atoms with Crippen LogP contribution in [0.3, 0.4) is 0 Å². The Morgan fingerprint density at radius 3 is 2.66 bits per heavy atom. The van der Waals surface area contributed by atoms with Crippen LogP contribution in [0.2, 0.25) is 5.02 Å². The van der Waals surface area contributed by atoms with Gasteiger partial charge in [-0.1, -0.05) is 35.5 Å². The van der Waals surface area contributed by atoms with Crippen LogP contribution >= 0.6 is 23.4 Å². The monoisotopic (exact) mass is 467 g/mol. The third kappa shape index (κ3) is 4.28. The second-order valence-electron chi connectivity index (χ2n) is 7.55. The van der Waals surface area contributed by atoms with Crippen molar-refractivity contribution in [3.8, 4) is 5.69 Å². The number of benzene rings is 2. The van der Waals surface area contributed by atoms with Crippen molar-refractivity contribution in [3.63, 3.8) is 0 Å². The van der Waals surface area contributed by atoms with E-state index in [2.05, 4.69) is 15.4 Å². The number of aromatic nitrogens is 4. The molecular formula is C23H22ClN5O2S. The largest absolute Gasteiger partial charge is 0.310 e. The molecule has 0 radical (unpaired) electrons. The summed E-state index contributed by atoms with van der Waals surface area (Å²) in [5, 5.41) is 8.47. The minimum atomic E-state index is -0.217. The van der Waals surface area contributed by atoms with E-state index in [-0.39, 0.29) is 17.2 Å². The molecule has 0 aliphatic heterocycles. The number of hydrogen-bond acceptors (Lipinski definition) is 5. The number of carbonyl (C=O) groups is 1. The number of halogens is 1. The van der Waals surface area contributed by atoms with Gasteiger partial charge >= 0.3 is 0 Å². The molecule has 32 heavy (non-hydrogen) atoms. The first kappa shape index (κ1) is 22.1. The predicted molar refractivity (Wildman–Crippen MR) is 129 cm³/mol. The molecule has 0 bridgehead atoms. The molecule has 4 aromatic rings. The molecule has 164 valence electrons. The van der Waals surface area contributed by atoms with Crippen LogP contribution in [0.4, 0.5) is 5.82 Å². The van der Waals surface area contributed by atoms with Crippen molar-refractivity contribution in [2.24, 2.45) is 7.05 Å². The number of carbonyl (C=O) groups excluding carboxylic acids is 1. The molecule has 2 heterocycles. The quantitative estimate of drug-likeness (QED) is 0.347. The van der Waals surface area contributed by atoms with E-state index in [1.807, 2.05) is 39.0 Å². The van der Waals surface area contributed by atoms with E-state index >= 15 is 0 Å². The summed E-state index contributed by atoms with van der Waals surface area (Å²) in [5.41, 5.74) is 3.88. The normalized spacial score (nSPS) is 11.2. The maximum atomic E-state index is 13.5. The fraction of sp³-hybridized carbons (Fsp3) is 0.217. The van der Waals surface area contributed by atoms with Crippen molar-refractivity contribution in [1.29, 1.82) is 0 Å². The van der Waals surface area contributed by atoms with Crippen LogP contribution in [0.5, 0.6) is 0 Å². The van der Waals surface area contributed by atoms with Crippen LogP contribution < -0.4 is 10.9 Å². The molecule has 0 spiro atoms. The molecular weight excluding hydrogens is 446 g/mol. The number of thioether (sulfide) groups is 1. The van der Waals surface area contributed by atoms with Gasteiger partial charge in [0.1, 0.15) is 5.82 Å². The highest BCUT2D eigenvalue weighted by Crippen LogP contribution is 2.25. The average molecular weight is 468 g/mol. The minimum absolute atomic E-state index is 0.0770.